The van der Waals surface area contributed by atoms with E-state index < -0.39 is 31.1 Å². The SMILES string of the molecule is COc1ccc(CNC(=O)[C@@H](CS(=O)c2ccccc2)[C@@H](C)O[Si](c2ccccc2)(c2ccccc2)C(C)(C)C)c(OC)c1. The highest BCUT2D eigenvalue weighted by atomic mass is 32.2. The van der Waals surface area contributed by atoms with Crippen molar-refractivity contribution < 1.29 is 22.9 Å². The molecule has 0 bridgehead atoms. The molecule has 4 aromatic carbocycles. The number of rotatable bonds is 13. The summed E-state index contributed by atoms with van der Waals surface area (Å²) in [4.78, 5) is 14.8. The second kappa shape index (κ2) is 14.8. The smallest absolute Gasteiger partial charge is 0.261 e. The van der Waals surface area contributed by atoms with E-state index in [2.05, 4.69) is 50.4 Å². The first-order valence-corrected chi connectivity index (χ1v) is 18.0. The van der Waals surface area contributed by atoms with Gasteiger partial charge in [-0.25, -0.2) is 0 Å². The van der Waals surface area contributed by atoms with Gasteiger partial charge in [0.05, 0.1) is 37.0 Å². The zero-order valence-electron chi connectivity index (χ0n) is 26.4. The number of carbonyl (C=O) groups excluding carboxylic acids is 1. The van der Waals surface area contributed by atoms with E-state index in [9.17, 15) is 9.00 Å². The summed E-state index contributed by atoms with van der Waals surface area (Å²) in [6, 6.07) is 35.5. The van der Waals surface area contributed by atoms with Gasteiger partial charge in [-0.05, 0) is 46.6 Å². The Morgan fingerprint density at radius 3 is 1.86 bits per heavy atom. The van der Waals surface area contributed by atoms with Gasteiger partial charge in [0.2, 0.25) is 5.91 Å². The molecule has 0 aliphatic heterocycles. The molecule has 0 heterocycles. The molecular weight excluding hydrogens is 587 g/mol. The molecule has 1 amide bonds. The summed E-state index contributed by atoms with van der Waals surface area (Å²) < 4.78 is 31.9. The minimum Gasteiger partial charge on any atom is -0.497 e. The van der Waals surface area contributed by atoms with E-state index in [1.807, 2.05) is 85.8 Å². The van der Waals surface area contributed by atoms with Crippen molar-refractivity contribution in [2.24, 2.45) is 5.92 Å². The molecule has 6 nitrogen and oxygen atoms in total. The van der Waals surface area contributed by atoms with Gasteiger partial charge in [-0.1, -0.05) is 99.6 Å². The number of methoxy groups -OCH3 is 2. The number of nitrogens with one attached hydrogen (secondary N) is 1. The van der Waals surface area contributed by atoms with Crippen LogP contribution in [0.4, 0.5) is 0 Å². The van der Waals surface area contributed by atoms with Crippen LogP contribution in [0.3, 0.4) is 0 Å². The van der Waals surface area contributed by atoms with Gasteiger partial charge in [0.1, 0.15) is 11.5 Å². The first-order chi connectivity index (χ1) is 21.1. The Kier molecular flexibility index (Phi) is 11.2. The summed E-state index contributed by atoms with van der Waals surface area (Å²) in [7, 11) is -1.21. The quantitative estimate of drug-likeness (QED) is 0.192. The summed E-state index contributed by atoms with van der Waals surface area (Å²) in [6.45, 7) is 8.81. The normalized spacial score (nSPS) is 13.9. The fraction of sp³-hybridized carbons (Fsp3) is 0.306. The van der Waals surface area contributed by atoms with Gasteiger partial charge in [0.15, 0.2) is 0 Å². The fourth-order valence-corrected chi connectivity index (χ4v) is 11.8. The van der Waals surface area contributed by atoms with E-state index in [4.69, 9.17) is 13.9 Å². The molecule has 0 saturated heterocycles. The largest absolute Gasteiger partial charge is 0.497 e. The number of amides is 1. The molecule has 3 atom stereocenters. The van der Waals surface area contributed by atoms with Gasteiger partial charge < -0.3 is 19.2 Å². The van der Waals surface area contributed by atoms with Crippen molar-refractivity contribution in [3.8, 4) is 11.5 Å². The van der Waals surface area contributed by atoms with Gasteiger partial charge in [-0.2, -0.15) is 0 Å². The van der Waals surface area contributed by atoms with E-state index >= 15 is 0 Å². The van der Waals surface area contributed by atoms with Crippen LogP contribution < -0.4 is 25.2 Å². The molecule has 0 saturated carbocycles. The Morgan fingerprint density at radius 2 is 1.36 bits per heavy atom. The van der Waals surface area contributed by atoms with Crippen molar-refractivity contribution in [2.75, 3.05) is 20.0 Å². The molecule has 8 heteroatoms. The first-order valence-electron chi connectivity index (χ1n) is 14.8. The van der Waals surface area contributed by atoms with Crippen LogP contribution >= 0.6 is 0 Å². The molecule has 44 heavy (non-hydrogen) atoms. The van der Waals surface area contributed by atoms with Gasteiger partial charge in [-0.15, -0.1) is 0 Å². The second-order valence-electron chi connectivity index (χ2n) is 11.8. The lowest BCUT2D eigenvalue weighted by atomic mass is 10.1. The van der Waals surface area contributed by atoms with Crippen molar-refractivity contribution in [1.29, 1.82) is 0 Å². The molecule has 0 aliphatic rings. The summed E-state index contributed by atoms with van der Waals surface area (Å²) in [5.74, 6) is 0.486. The van der Waals surface area contributed by atoms with Crippen LogP contribution in [0, 0.1) is 5.92 Å². The third-order valence-corrected chi connectivity index (χ3v) is 14.6. The zero-order valence-corrected chi connectivity index (χ0v) is 28.2. The van der Waals surface area contributed by atoms with E-state index in [-0.39, 0.29) is 23.2 Å². The average Bonchev–Trinajstić information content (AvgIpc) is 3.05. The second-order valence-corrected chi connectivity index (χ2v) is 17.6. The lowest BCUT2D eigenvalue weighted by molar-refractivity contribution is -0.127. The van der Waals surface area contributed by atoms with Crippen LogP contribution in [0.5, 0.6) is 11.5 Å². The Labute approximate surface area is 265 Å². The van der Waals surface area contributed by atoms with Crippen LogP contribution in [0.25, 0.3) is 0 Å². The van der Waals surface area contributed by atoms with E-state index in [0.717, 1.165) is 15.9 Å². The molecule has 0 aliphatic carbocycles. The number of hydrogen-bond acceptors (Lipinski definition) is 5. The van der Waals surface area contributed by atoms with Gasteiger partial charge >= 0.3 is 0 Å². The minimum absolute atomic E-state index is 0.120. The number of hydrogen-bond donors (Lipinski definition) is 1. The van der Waals surface area contributed by atoms with Crippen molar-refractivity contribution in [3.63, 3.8) is 0 Å². The molecular formula is C36H43NO5SSi. The third kappa shape index (κ3) is 7.49. The third-order valence-electron chi connectivity index (χ3n) is 7.97. The Morgan fingerprint density at radius 1 is 0.818 bits per heavy atom. The van der Waals surface area contributed by atoms with Crippen LogP contribution in [0.1, 0.15) is 33.3 Å². The molecule has 1 unspecified atom stereocenters. The van der Waals surface area contributed by atoms with Gasteiger partial charge in [-0.3, -0.25) is 9.00 Å². The van der Waals surface area contributed by atoms with Gasteiger partial charge in [0, 0.05) is 28.8 Å². The van der Waals surface area contributed by atoms with Crippen LogP contribution in [-0.2, 0) is 26.6 Å². The molecule has 4 rings (SSSR count). The first kappa shape index (κ1) is 33.2. The van der Waals surface area contributed by atoms with Gasteiger partial charge in [0.25, 0.3) is 8.32 Å². The summed E-state index contributed by atoms with van der Waals surface area (Å²) >= 11 is 0. The van der Waals surface area contributed by atoms with Crippen molar-refractivity contribution in [1.82, 2.24) is 5.32 Å². The average molecular weight is 630 g/mol. The highest BCUT2D eigenvalue weighted by Crippen LogP contribution is 2.38. The number of carbonyl (C=O) groups is 1. The molecule has 232 valence electrons. The highest BCUT2D eigenvalue weighted by molar-refractivity contribution is 7.85. The Balaban J connectivity index is 1.72. The maximum Gasteiger partial charge on any atom is 0.261 e. The minimum atomic E-state index is -2.98. The Bertz CT molecular complexity index is 1490. The molecule has 0 fully saturated rings. The van der Waals surface area contributed by atoms with Crippen molar-refractivity contribution >= 4 is 35.4 Å². The molecule has 0 aromatic heterocycles. The maximum atomic E-state index is 14.1. The van der Waals surface area contributed by atoms with Crippen LogP contribution in [0.2, 0.25) is 5.04 Å². The summed E-state index contributed by atoms with van der Waals surface area (Å²) in [6.07, 6.45) is -0.549. The maximum absolute atomic E-state index is 14.1. The molecule has 0 spiro atoms. The lowest BCUT2D eigenvalue weighted by Crippen LogP contribution is -2.68. The fourth-order valence-electron chi connectivity index (χ4n) is 5.62. The number of ether oxygens (including phenoxy) is 2. The highest BCUT2D eigenvalue weighted by Gasteiger charge is 2.52. The van der Waals surface area contributed by atoms with E-state index in [1.54, 1.807) is 20.3 Å². The lowest BCUT2D eigenvalue weighted by Gasteiger charge is -2.45. The summed E-state index contributed by atoms with van der Waals surface area (Å²) in [5.41, 5.74) is 0.810. The topological polar surface area (TPSA) is 73.9 Å². The van der Waals surface area contributed by atoms with Crippen molar-refractivity contribution in [3.05, 3.63) is 115 Å². The van der Waals surface area contributed by atoms with Crippen LogP contribution in [-0.4, -0.2) is 44.5 Å². The van der Waals surface area contributed by atoms with Crippen LogP contribution in [0.15, 0.2) is 114 Å². The van der Waals surface area contributed by atoms with E-state index in [1.165, 1.54) is 0 Å². The number of benzene rings is 4. The predicted molar refractivity (Wildman–Crippen MR) is 181 cm³/mol. The predicted octanol–water partition coefficient (Wildman–Crippen LogP) is 5.71. The molecule has 1 N–H and O–H groups in total. The molecule has 0 radical (unpaired) electrons. The van der Waals surface area contributed by atoms with E-state index in [0.29, 0.717) is 16.4 Å². The monoisotopic (exact) mass is 629 g/mol. The Hall–Kier alpha value is -3.72. The zero-order chi connectivity index (χ0) is 31.7. The summed E-state index contributed by atoms with van der Waals surface area (Å²) in [5, 5.41) is 5.06. The standard InChI is InChI=1S/C36H43NO5SSi/c1-27(42-44(36(2,3)4,31-18-12-8-13-19-31)32-20-14-9-15-21-32)33(26-43(39)30-16-10-7-11-17-30)35(38)37-25-28-22-23-29(40-5)24-34(28)41-6/h7-24,27,33H,25-26H2,1-6H3,(H,37,38)/t27-,33+,43?/m1/s1. The molecule has 4 aromatic rings. The van der Waals surface area contributed by atoms with Crippen molar-refractivity contribution in [2.45, 2.75) is 50.3 Å².